The summed E-state index contributed by atoms with van der Waals surface area (Å²) in [4.78, 5) is 30.6. The van der Waals surface area contributed by atoms with Gasteiger partial charge in [-0.15, -0.1) is 5.53 Å². The molecule has 3 N–H and O–H groups in total. The van der Waals surface area contributed by atoms with Crippen LogP contribution in [0.5, 0.6) is 0 Å². The summed E-state index contributed by atoms with van der Waals surface area (Å²) in [5, 5.41) is 13.2. The molecule has 2 aromatic carbocycles. The van der Waals surface area contributed by atoms with Crippen molar-refractivity contribution < 1.29 is 23.8 Å². The van der Waals surface area contributed by atoms with E-state index >= 15 is 0 Å². The largest absolute Gasteiger partial charge is 0.349 e. The van der Waals surface area contributed by atoms with Gasteiger partial charge in [-0.3, -0.25) is 19.5 Å². The van der Waals surface area contributed by atoms with E-state index in [4.69, 9.17) is 4.74 Å². The third-order valence-electron chi connectivity index (χ3n) is 8.63. The van der Waals surface area contributed by atoms with Crippen LogP contribution in [-0.2, 0) is 26.3 Å². The molecule has 0 aromatic heterocycles. The van der Waals surface area contributed by atoms with Crippen molar-refractivity contribution in [3.05, 3.63) is 76.2 Å². The summed E-state index contributed by atoms with van der Waals surface area (Å²) >= 11 is 0. The lowest BCUT2D eigenvalue weighted by atomic mass is 9.93. The number of fused-ring (bicyclic) bond motifs is 2. The topological polar surface area (TPSA) is 97.4 Å². The van der Waals surface area contributed by atoms with Gasteiger partial charge in [0.15, 0.2) is 5.60 Å². The molecule has 206 valence electrons. The first-order valence-corrected chi connectivity index (χ1v) is 13.4. The van der Waals surface area contributed by atoms with Gasteiger partial charge in [0.05, 0.1) is 17.4 Å². The number of carbonyl (C=O) groups is 2. The van der Waals surface area contributed by atoms with Crippen LogP contribution < -0.4 is 11.0 Å². The van der Waals surface area contributed by atoms with Gasteiger partial charge in [0, 0.05) is 25.6 Å². The summed E-state index contributed by atoms with van der Waals surface area (Å²) < 4.78 is 19.7. The summed E-state index contributed by atoms with van der Waals surface area (Å²) in [5.74, 6) is -2.96. The maximum Gasteiger partial charge on any atom is 0.264 e. The van der Waals surface area contributed by atoms with Crippen LogP contribution in [0.25, 0.3) is 5.70 Å². The fraction of sp³-hybridized carbons (Fsp3) is 0.448. The zero-order valence-electron chi connectivity index (χ0n) is 22.6. The minimum Gasteiger partial charge on any atom is -0.349 e. The number of hydrogen-bond donors (Lipinski definition) is 3. The third-order valence-corrected chi connectivity index (χ3v) is 8.63. The molecule has 10 heteroatoms. The average Bonchev–Trinajstić information content (AvgIpc) is 3.60. The molecule has 9 nitrogen and oxygen atoms in total. The molecule has 2 fully saturated rings. The van der Waals surface area contributed by atoms with Gasteiger partial charge >= 0.3 is 0 Å². The Morgan fingerprint density at radius 2 is 1.95 bits per heavy atom. The zero-order chi connectivity index (χ0) is 27.7. The first-order chi connectivity index (χ1) is 18.5. The second-order valence-electron chi connectivity index (χ2n) is 11.2. The number of ether oxygens (including phenoxy) is 1. The van der Waals surface area contributed by atoms with Crippen LogP contribution in [0.4, 0.5) is 4.39 Å². The molecule has 4 atom stereocenters. The molecule has 1 aliphatic carbocycles. The Balaban J connectivity index is 1.26. The molecule has 0 saturated carbocycles. The maximum atomic E-state index is 14.0. The van der Waals surface area contributed by atoms with E-state index in [1.807, 2.05) is 38.0 Å². The van der Waals surface area contributed by atoms with Crippen molar-refractivity contribution in [2.75, 3.05) is 13.6 Å². The molecule has 3 heterocycles. The van der Waals surface area contributed by atoms with Crippen molar-refractivity contribution in [1.29, 1.82) is 0 Å². The Morgan fingerprint density at radius 3 is 2.64 bits per heavy atom. The fourth-order valence-electron chi connectivity index (χ4n) is 6.75. The Morgan fingerprint density at radius 1 is 1.21 bits per heavy atom. The minimum atomic E-state index is -1.94. The maximum absolute atomic E-state index is 14.0. The van der Waals surface area contributed by atoms with Crippen molar-refractivity contribution in [3.8, 4) is 0 Å². The Bertz CT molecular complexity index is 1380. The van der Waals surface area contributed by atoms with Gasteiger partial charge in [0.2, 0.25) is 11.8 Å². The number of likely N-dealkylation sites (tertiary alicyclic amines) is 1. The van der Waals surface area contributed by atoms with Crippen LogP contribution >= 0.6 is 0 Å². The third kappa shape index (κ3) is 4.00. The van der Waals surface area contributed by atoms with E-state index in [0.29, 0.717) is 12.8 Å². The number of carbonyl (C=O) groups excluding carboxylic acids is 2. The summed E-state index contributed by atoms with van der Waals surface area (Å²) in [6.45, 7) is 5.07. The van der Waals surface area contributed by atoms with E-state index in [2.05, 4.69) is 17.0 Å². The van der Waals surface area contributed by atoms with Crippen molar-refractivity contribution in [1.82, 2.24) is 25.8 Å². The number of aryl methyl sites for hydroxylation is 1. The molecule has 2 aromatic rings. The van der Waals surface area contributed by atoms with E-state index < -0.39 is 17.4 Å². The highest BCUT2D eigenvalue weighted by molar-refractivity contribution is 5.93. The number of hydrazine groups is 2. The number of aliphatic hydroxyl groups is 1. The predicted molar refractivity (Wildman–Crippen MR) is 141 cm³/mol. The van der Waals surface area contributed by atoms with Crippen molar-refractivity contribution in [2.24, 2.45) is 0 Å². The molecule has 39 heavy (non-hydrogen) atoms. The predicted octanol–water partition coefficient (Wildman–Crippen LogP) is 2.89. The molecule has 2 amide bonds. The lowest BCUT2D eigenvalue weighted by molar-refractivity contribution is -0.263. The second-order valence-corrected chi connectivity index (χ2v) is 11.2. The Hall–Kier alpha value is -3.47. The van der Waals surface area contributed by atoms with Gasteiger partial charge < -0.3 is 20.2 Å². The molecule has 2 saturated heterocycles. The standard InChI is InChI=1S/C29H34FN5O4/c1-17-5-12-24(19-6-9-22(30)10-7-19)35(17)25(36)16-34-27(37)29(39-28(34,3)38)14-13-20-15-21(8-11-23(20)29)26-18(2)31-32-33(26)4/h6-11,15,17,24,31-32,38H,5,12-14,16H2,1-4H3/t17-,24?,28?,29+/m0/s1. The van der Waals surface area contributed by atoms with Gasteiger partial charge in [-0.25, -0.2) is 4.39 Å². The summed E-state index contributed by atoms with van der Waals surface area (Å²) in [7, 11) is 1.92. The number of allylic oxidation sites excluding steroid dienone is 1. The van der Waals surface area contributed by atoms with Crippen LogP contribution in [0.1, 0.15) is 68.3 Å². The van der Waals surface area contributed by atoms with Gasteiger partial charge in [0.1, 0.15) is 12.4 Å². The van der Waals surface area contributed by atoms with Crippen LogP contribution in [0.3, 0.4) is 0 Å². The Kier molecular flexibility index (Phi) is 5.98. The zero-order valence-corrected chi connectivity index (χ0v) is 22.6. The van der Waals surface area contributed by atoms with Crippen LogP contribution in [0, 0.1) is 5.82 Å². The minimum absolute atomic E-state index is 0.0498. The SMILES string of the molecule is CC1=C(c2ccc3c(c2)CC[C@@]32OC(C)(O)N(CC(=O)N3C(c4ccc(F)cc4)CC[C@@H]3C)C2=O)N(C)NN1. The highest BCUT2D eigenvalue weighted by Gasteiger charge is 2.62. The summed E-state index contributed by atoms with van der Waals surface area (Å²) in [5.41, 5.74) is 10.4. The highest BCUT2D eigenvalue weighted by atomic mass is 19.1. The van der Waals surface area contributed by atoms with Crippen LogP contribution in [0.15, 0.2) is 48.2 Å². The summed E-state index contributed by atoms with van der Waals surface area (Å²) in [6.07, 6.45) is 2.53. The lowest BCUT2D eigenvalue weighted by Gasteiger charge is -2.33. The first-order valence-electron chi connectivity index (χ1n) is 13.4. The van der Waals surface area contributed by atoms with Crippen LogP contribution in [-0.4, -0.2) is 57.3 Å². The number of amides is 2. The van der Waals surface area contributed by atoms with E-state index in [1.54, 1.807) is 17.0 Å². The smallest absolute Gasteiger partial charge is 0.264 e. The molecule has 3 aliphatic heterocycles. The Labute approximate surface area is 227 Å². The van der Waals surface area contributed by atoms with E-state index in [0.717, 1.165) is 51.4 Å². The fourth-order valence-corrected chi connectivity index (χ4v) is 6.75. The van der Waals surface area contributed by atoms with Gasteiger partial charge in [-0.2, -0.15) is 0 Å². The molecule has 6 rings (SSSR count). The quantitative estimate of drug-likeness (QED) is 0.554. The number of nitrogens with one attached hydrogen (secondary N) is 2. The number of nitrogens with zero attached hydrogens (tertiary/aromatic N) is 3. The van der Waals surface area contributed by atoms with Crippen molar-refractivity contribution >= 4 is 17.5 Å². The number of hydrogen-bond acceptors (Lipinski definition) is 7. The average molecular weight is 536 g/mol. The normalized spacial score (nSPS) is 30.1. The monoisotopic (exact) mass is 535 g/mol. The van der Waals surface area contributed by atoms with Gasteiger partial charge in [-0.1, -0.05) is 24.3 Å². The molecule has 0 bridgehead atoms. The molecule has 1 spiro atoms. The van der Waals surface area contributed by atoms with E-state index in [9.17, 15) is 19.1 Å². The second kappa shape index (κ2) is 9.04. The van der Waals surface area contributed by atoms with E-state index in [-0.39, 0.29) is 30.4 Å². The number of benzene rings is 2. The lowest BCUT2D eigenvalue weighted by Crippen LogP contribution is -2.51. The van der Waals surface area contributed by atoms with Crippen molar-refractivity contribution in [3.63, 3.8) is 0 Å². The molecule has 2 unspecified atom stereocenters. The van der Waals surface area contributed by atoms with Gasteiger partial charge in [-0.05, 0) is 74.4 Å². The highest BCUT2D eigenvalue weighted by Crippen LogP contribution is 2.50. The molecule has 4 aliphatic rings. The number of rotatable bonds is 4. The van der Waals surface area contributed by atoms with Crippen LogP contribution in [0.2, 0.25) is 0 Å². The molecule has 0 radical (unpaired) electrons. The van der Waals surface area contributed by atoms with Crippen molar-refractivity contribution in [2.45, 2.75) is 70.1 Å². The molecular formula is C29H34FN5O4. The number of halogens is 1. The van der Waals surface area contributed by atoms with E-state index in [1.165, 1.54) is 19.1 Å². The first kappa shape index (κ1) is 25.8. The molecular weight excluding hydrogens is 501 g/mol. The van der Waals surface area contributed by atoms with Gasteiger partial charge in [0.25, 0.3) is 5.91 Å². The summed E-state index contributed by atoms with van der Waals surface area (Å²) in [6, 6.07) is 11.8.